The van der Waals surface area contributed by atoms with E-state index in [2.05, 4.69) is 15.0 Å². The number of nitrogen functional groups attached to an aromatic ring is 1. The number of H-pyrrole nitrogens is 1. The van der Waals surface area contributed by atoms with E-state index >= 15 is 0 Å². The van der Waals surface area contributed by atoms with Gasteiger partial charge in [-0.05, 0) is 11.4 Å². The summed E-state index contributed by atoms with van der Waals surface area (Å²) in [6.45, 7) is 0. The Labute approximate surface area is 88.8 Å². The molecule has 0 bridgehead atoms. The van der Waals surface area contributed by atoms with Crippen molar-refractivity contribution in [2.45, 2.75) is 0 Å². The fourth-order valence-electron chi connectivity index (χ4n) is 1.14. The van der Waals surface area contributed by atoms with Gasteiger partial charge in [-0.25, -0.2) is 4.79 Å². The molecular formula is C8H8N4O2S. The fourth-order valence-corrected chi connectivity index (χ4v) is 1.94. The maximum absolute atomic E-state index is 11.1. The number of anilines is 1. The lowest BCUT2D eigenvalue weighted by atomic mass is 10.4. The van der Waals surface area contributed by atoms with Gasteiger partial charge >= 0.3 is 5.69 Å². The first-order valence-electron chi connectivity index (χ1n) is 4.06. The smallest absolute Gasteiger partial charge is 0.349 e. The Hall–Kier alpha value is -1.89. The van der Waals surface area contributed by atoms with E-state index < -0.39 is 5.69 Å². The molecule has 6 nitrogen and oxygen atoms in total. The molecule has 0 aromatic carbocycles. The first-order valence-corrected chi connectivity index (χ1v) is 4.94. The van der Waals surface area contributed by atoms with Gasteiger partial charge in [-0.15, -0.1) is 11.3 Å². The third-order valence-corrected chi connectivity index (χ3v) is 2.63. The standard InChI is InChI=1S/C8H8N4O2S/c1-14-4-2-3-15-5(4)6-10-7(9)12-8(13)11-6/h2-3H,1H3,(H3,9,10,11,12,13). The molecule has 0 amide bonds. The molecule has 0 radical (unpaired) electrons. The van der Waals surface area contributed by atoms with Crippen molar-refractivity contribution >= 4 is 17.3 Å². The van der Waals surface area contributed by atoms with Crippen molar-refractivity contribution in [2.24, 2.45) is 0 Å². The molecule has 0 unspecified atom stereocenters. The molecule has 2 aromatic rings. The number of aromatic nitrogens is 3. The zero-order valence-corrected chi connectivity index (χ0v) is 8.67. The van der Waals surface area contributed by atoms with Crippen LogP contribution in [0.2, 0.25) is 0 Å². The molecule has 15 heavy (non-hydrogen) atoms. The predicted molar refractivity (Wildman–Crippen MR) is 56.9 cm³/mol. The topological polar surface area (TPSA) is 93.9 Å². The normalized spacial score (nSPS) is 10.2. The summed E-state index contributed by atoms with van der Waals surface area (Å²) in [6.07, 6.45) is 0. The molecule has 7 heteroatoms. The number of nitrogens with one attached hydrogen (secondary N) is 1. The number of rotatable bonds is 2. The highest BCUT2D eigenvalue weighted by atomic mass is 32.1. The maximum atomic E-state index is 11.1. The zero-order valence-electron chi connectivity index (χ0n) is 7.85. The number of nitrogens with two attached hydrogens (primary N) is 1. The van der Waals surface area contributed by atoms with Crippen molar-refractivity contribution in [3.05, 3.63) is 21.9 Å². The summed E-state index contributed by atoms with van der Waals surface area (Å²) in [4.78, 5) is 21.7. The Morgan fingerprint density at radius 3 is 3.00 bits per heavy atom. The molecule has 2 rings (SSSR count). The van der Waals surface area contributed by atoms with E-state index in [4.69, 9.17) is 10.5 Å². The second-order valence-electron chi connectivity index (χ2n) is 2.68. The van der Waals surface area contributed by atoms with Crippen molar-refractivity contribution < 1.29 is 4.74 Å². The highest BCUT2D eigenvalue weighted by Gasteiger charge is 2.10. The van der Waals surface area contributed by atoms with Gasteiger partial charge in [-0.3, -0.25) is 4.98 Å². The SMILES string of the molecule is COc1ccsc1-c1nc(N)nc(=O)[nH]1. The van der Waals surface area contributed by atoms with Gasteiger partial charge < -0.3 is 10.5 Å². The van der Waals surface area contributed by atoms with Crippen LogP contribution < -0.4 is 16.2 Å². The number of methoxy groups -OCH3 is 1. The van der Waals surface area contributed by atoms with E-state index in [0.29, 0.717) is 11.6 Å². The van der Waals surface area contributed by atoms with Gasteiger partial charge in [-0.2, -0.15) is 9.97 Å². The van der Waals surface area contributed by atoms with Crippen LogP contribution in [-0.2, 0) is 0 Å². The Balaban J connectivity index is 2.58. The Morgan fingerprint density at radius 1 is 1.53 bits per heavy atom. The van der Waals surface area contributed by atoms with Gasteiger partial charge in [-0.1, -0.05) is 0 Å². The third kappa shape index (κ3) is 1.82. The van der Waals surface area contributed by atoms with E-state index in [9.17, 15) is 4.79 Å². The van der Waals surface area contributed by atoms with Crippen molar-refractivity contribution in [2.75, 3.05) is 12.8 Å². The third-order valence-electron chi connectivity index (χ3n) is 1.73. The molecule has 0 atom stereocenters. The van der Waals surface area contributed by atoms with Gasteiger partial charge in [0.1, 0.15) is 10.6 Å². The Bertz CT molecular complexity index is 533. The molecule has 2 aromatic heterocycles. The van der Waals surface area contributed by atoms with E-state index in [-0.39, 0.29) is 5.95 Å². The molecule has 3 N–H and O–H groups in total. The molecular weight excluding hydrogens is 216 g/mol. The Morgan fingerprint density at radius 2 is 2.33 bits per heavy atom. The molecule has 2 heterocycles. The molecule has 0 aliphatic heterocycles. The van der Waals surface area contributed by atoms with Crippen molar-refractivity contribution in [3.63, 3.8) is 0 Å². The second kappa shape index (κ2) is 3.70. The minimum absolute atomic E-state index is 0.0517. The predicted octanol–water partition coefficient (Wildman–Crippen LogP) is 0.484. The Kier molecular flexibility index (Phi) is 2.38. The first kappa shape index (κ1) is 9.66. The van der Waals surface area contributed by atoms with Crippen LogP contribution in [0.4, 0.5) is 5.95 Å². The summed E-state index contributed by atoms with van der Waals surface area (Å²) in [6, 6.07) is 1.79. The highest BCUT2D eigenvalue weighted by molar-refractivity contribution is 7.13. The second-order valence-corrected chi connectivity index (χ2v) is 3.59. The van der Waals surface area contributed by atoms with Gasteiger partial charge in [0.2, 0.25) is 5.95 Å². The molecule has 0 saturated heterocycles. The van der Waals surface area contributed by atoms with Gasteiger partial charge in [0.15, 0.2) is 5.82 Å². The van der Waals surface area contributed by atoms with Crippen LogP contribution in [0, 0.1) is 0 Å². The van der Waals surface area contributed by atoms with Crippen molar-refractivity contribution in [1.29, 1.82) is 0 Å². The number of thiophene rings is 1. The van der Waals surface area contributed by atoms with Crippen LogP contribution in [0.3, 0.4) is 0 Å². The lowest BCUT2D eigenvalue weighted by Gasteiger charge is -2.01. The molecule has 0 aliphatic carbocycles. The van der Waals surface area contributed by atoms with Gasteiger partial charge in [0, 0.05) is 0 Å². The van der Waals surface area contributed by atoms with Crippen molar-refractivity contribution in [1.82, 2.24) is 15.0 Å². The maximum Gasteiger partial charge on any atom is 0.349 e. The molecule has 0 fully saturated rings. The van der Waals surface area contributed by atoms with E-state index in [1.165, 1.54) is 11.3 Å². The minimum atomic E-state index is -0.520. The van der Waals surface area contributed by atoms with Crippen LogP contribution in [0.5, 0.6) is 5.75 Å². The van der Waals surface area contributed by atoms with E-state index in [1.807, 2.05) is 5.38 Å². The highest BCUT2D eigenvalue weighted by Crippen LogP contribution is 2.32. The van der Waals surface area contributed by atoms with Crippen LogP contribution in [-0.4, -0.2) is 22.1 Å². The molecule has 0 aliphatic rings. The zero-order chi connectivity index (χ0) is 10.8. The van der Waals surface area contributed by atoms with Gasteiger partial charge in [0.25, 0.3) is 0 Å². The molecule has 78 valence electrons. The summed E-state index contributed by atoms with van der Waals surface area (Å²) in [7, 11) is 1.55. The largest absolute Gasteiger partial charge is 0.495 e. The lowest BCUT2D eigenvalue weighted by molar-refractivity contribution is 0.418. The summed E-state index contributed by atoms with van der Waals surface area (Å²) in [5.41, 5.74) is 4.86. The number of nitrogens with zero attached hydrogens (tertiary/aromatic N) is 2. The van der Waals surface area contributed by atoms with Gasteiger partial charge in [0.05, 0.1) is 7.11 Å². The van der Waals surface area contributed by atoms with Crippen LogP contribution in [0.15, 0.2) is 16.2 Å². The molecule has 0 saturated carbocycles. The van der Waals surface area contributed by atoms with Crippen LogP contribution in [0.25, 0.3) is 10.7 Å². The first-order chi connectivity index (χ1) is 7.20. The summed E-state index contributed by atoms with van der Waals surface area (Å²) in [5.74, 6) is 0.970. The molecule has 0 spiro atoms. The van der Waals surface area contributed by atoms with E-state index in [1.54, 1.807) is 13.2 Å². The quantitative estimate of drug-likeness (QED) is 0.774. The van der Waals surface area contributed by atoms with E-state index in [0.717, 1.165) is 4.88 Å². The number of ether oxygens (including phenoxy) is 1. The van der Waals surface area contributed by atoms with Crippen LogP contribution in [0.1, 0.15) is 0 Å². The van der Waals surface area contributed by atoms with Crippen molar-refractivity contribution in [3.8, 4) is 16.5 Å². The van der Waals surface area contributed by atoms with Crippen LogP contribution >= 0.6 is 11.3 Å². The fraction of sp³-hybridized carbons (Fsp3) is 0.125. The summed E-state index contributed by atoms with van der Waals surface area (Å²) < 4.78 is 5.11. The number of hydrogen-bond acceptors (Lipinski definition) is 6. The number of hydrogen-bond donors (Lipinski definition) is 2. The lowest BCUT2D eigenvalue weighted by Crippen LogP contribution is -2.15. The summed E-state index contributed by atoms with van der Waals surface area (Å²) in [5, 5.41) is 1.84. The summed E-state index contributed by atoms with van der Waals surface area (Å²) >= 11 is 1.40. The average Bonchev–Trinajstić information content (AvgIpc) is 2.63. The minimum Gasteiger partial charge on any atom is -0.495 e. The average molecular weight is 224 g/mol. The number of aromatic amines is 1. The monoisotopic (exact) mass is 224 g/mol.